The van der Waals surface area contributed by atoms with Gasteiger partial charge >= 0.3 is 6.09 Å². The second-order valence-corrected chi connectivity index (χ2v) is 6.74. The van der Waals surface area contributed by atoms with Crippen LogP contribution in [0.3, 0.4) is 0 Å². The van der Waals surface area contributed by atoms with Crippen LogP contribution in [0.4, 0.5) is 4.79 Å². The number of carbonyl (C=O) groups is 2. The van der Waals surface area contributed by atoms with Crippen molar-refractivity contribution in [1.82, 2.24) is 10.2 Å². The Morgan fingerprint density at radius 3 is 2.37 bits per heavy atom. The van der Waals surface area contributed by atoms with E-state index >= 15 is 0 Å². The maximum absolute atomic E-state index is 12.0. The van der Waals surface area contributed by atoms with Gasteiger partial charge in [-0.15, -0.1) is 0 Å². The van der Waals surface area contributed by atoms with E-state index in [-0.39, 0.29) is 17.4 Å². The Bertz CT molecular complexity index is 353. The summed E-state index contributed by atoms with van der Waals surface area (Å²) in [6.07, 6.45) is 3.24. The highest BCUT2D eigenvalue weighted by molar-refractivity contribution is 5.76. The number of rotatable bonds is 0. The molecule has 0 unspecified atom stereocenters. The molecule has 108 valence electrons. The minimum atomic E-state index is -0.439. The van der Waals surface area contributed by atoms with Crippen LogP contribution in [0.5, 0.6) is 0 Å². The predicted molar refractivity (Wildman–Crippen MR) is 71.7 cm³/mol. The Morgan fingerprint density at radius 1 is 1.26 bits per heavy atom. The minimum Gasteiger partial charge on any atom is -0.444 e. The Morgan fingerprint density at radius 2 is 1.89 bits per heavy atom. The molecule has 2 aliphatic heterocycles. The van der Waals surface area contributed by atoms with E-state index in [9.17, 15) is 9.59 Å². The number of hydrogen-bond donors (Lipinski definition) is 1. The summed E-state index contributed by atoms with van der Waals surface area (Å²) in [7, 11) is 0. The molecular weight excluding hydrogens is 244 g/mol. The van der Waals surface area contributed by atoms with Gasteiger partial charge in [0.1, 0.15) is 5.60 Å². The van der Waals surface area contributed by atoms with Gasteiger partial charge < -0.3 is 15.0 Å². The number of hydrogen-bond acceptors (Lipinski definition) is 3. The molecular formula is C14H24N2O3. The van der Waals surface area contributed by atoms with E-state index in [0.717, 1.165) is 38.9 Å². The van der Waals surface area contributed by atoms with Crippen LogP contribution in [0.2, 0.25) is 0 Å². The highest BCUT2D eigenvalue weighted by Crippen LogP contribution is 2.37. The van der Waals surface area contributed by atoms with E-state index in [2.05, 4.69) is 5.32 Å². The molecule has 19 heavy (non-hydrogen) atoms. The van der Waals surface area contributed by atoms with Gasteiger partial charge in [0, 0.05) is 26.1 Å². The number of amides is 2. The quantitative estimate of drug-likeness (QED) is 0.730. The summed E-state index contributed by atoms with van der Waals surface area (Å²) in [4.78, 5) is 25.0. The van der Waals surface area contributed by atoms with Crippen molar-refractivity contribution >= 4 is 12.0 Å². The van der Waals surface area contributed by atoms with Gasteiger partial charge in [-0.1, -0.05) is 0 Å². The molecule has 2 heterocycles. The summed E-state index contributed by atoms with van der Waals surface area (Å²) in [5.74, 6) is 0.153. The SMILES string of the molecule is CC(C)(C)OC(=O)N1CCC2(CCC(=O)NC2)CC1. The molecule has 2 amide bonds. The fourth-order valence-electron chi connectivity index (χ4n) is 2.76. The summed E-state index contributed by atoms with van der Waals surface area (Å²) in [5.41, 5.74) is -0.239. The standard InChI is InChI=1S/C14H24N2O3/c1-13(2,3)19-12(18)16-8-6-14(7-9-16)5-4-11(17)15-10-14/h4-10H2,1-3H3,(H,15,17). The van der Waals surface area contributed by atoms with Crippen LogP contribution < -0.4 is 5.32 Å². The zero-order valence-electron chi connectivity index (χ0n) is 12.1. The Balaban J connectivity index is 1.85. The van der Waals surface area contributed by atoms with E-state index in [4.69, 9.17) is 4.74 Å². The summed E-state index contributed by atoms with van der Waals surface area (Å²) in [5, 5.41) is 2.95. The van der Waals surface area contributed by atoms with Crippen molar-refractivity contribution in [1.29, 1.82) is 0 Å². The second kappa shape index (κ2) is 5.02. The zero-order valence-corrected chi connectivity index (χ0v) is 12.1. The van der Waals surface area contributed by atoms with Gasteiger partial charge in [-0.3, -0.25) is 4.79 Å². The van der Waals surface area contributed by atoms with Crippen molar-refractivity contribution in [2.45, 2.75) is 52.1 Å². The van der Waals surface area contributed by atoms with E-state index in [0.29, 0.717) is 6.42 Å². The van der Waals surface area contributed by atoms with Gasteiger partial charge in [-0.2, -0.15) is 0 Å². The molecule has 0 radical (unpaired) electrons. The molecule has 5 heteroatoms. The highest BCUT2D eigenvalue weighted by Gasteiger charge is 2.39. The molecule has 0 saturated carbocycles. The highest BCUT2D eigenvalue weighted by atomic mass is 16.6. The number of nitrogens with one attached hydrogen (secondary N) is 1. The molecule has 0 bridgehead atoms. The van der Waals surface area contributed by atoms with Crippen LogP contribution in [0.15, 0.2) is 0 Å². The number of nitrogens with zero attached hydrogens (tertiary/aromatic N) is 1. The molecule has 0 aliphatic carbocycles. The topological polar surface area (TPSA) is 58.6 Å². The third kappa shape index (κ3) is 3.61. The lowest BCUT2D eigenvalue weighted by Crippen LogP contribution is -2.51. The maximum Gasteiger partial charge on any atom is 0.410 e. The van der Waals surface area contributed by atoms with Crippen molar-refractivity contribution in [2.75, 3.05) is 19.6 Å². The average molecular weight is 268 g/mol. The molecule has 2 saturated heterocycles. The first-order valence-corrected chi connectivity index (χ1v) is 7.04. The van der Waals surface area contributed by atoms with Gasteiger partial charge in [0.05, 0.1) is 0 Å². The lowest BCUT2D eigenvalue weighted by molar-refractivity contribution is -0.125. The van der Waals surface area contributed by atoms with Crippen molar-refractivity contribution in [2.24, 2.45) is 5.41 Å². The molecule has 2 fully saturated rings. The molecule has 0 aromatic heterocycles. The smallest absolute Gasteiger partial charge is 0.410 e. The van der Waals surface area contributed by atoms with Crippen LogP contribution in [-0.4, -0.2) is 42.1 Å². The Kier molecular flexibility index (Phi) is 3.74. The molecule has 1 spiro atoms. The first-order chi connectivity index (χ1) is 8.80. The normalized spacial score (nSPS) is 23.1. The summed E-state index contributed by atoms with van der Waals surface area (Å²) < 4.78 is 5.39. The van der Waals surface area contributed by atoms with Gasteiger partial charge in [-0.25, -0.2) is 4.79 Å². The molecule has 0 aromatic rings. The third-order valence-corrected chi connectivity index (χ3v) is 4.02. The Hall–Kier alpha value is -1.26. The van der Waals surface area contributed by atoms with Gasteiger partial charge in [0.15, 0.2) is 0 Å². The molecule has 0 atom stereocenters. The number of ether oxygens (including phenoxy) is 1. The zero-order chi connectivity index (χ0) is 14.1. The van der Waals surface area contributed by atoms with Crippen LogP contribution in [-0.2, 0) is 9.53 Å². The van der Waals surface area contributed by atoms with Crippen LogP contribution >= 0.6 is 0 Å². The number of piperidine rings is 2. The third-order valence-electron chi connectivity index (χ3n) is 4.02. The average Bonchev–Trinajstić information content (AvgIpc) is 2.32. The van der Waals surface area contributed by atoms with Crippen molar-refractivity contribution in [3.05, 3.63) is 0 Å². The lowest BCUT2D eigenvalue weighted by Gasteiger charge is -2.44. The van der Waals surface area contributed by atoms with E-state index in [1.807, 2.05) is 20.8 Å². The van der Waals surface area contributed by atoms with E-state index < -0.39 is 5.60 Å². The minimum absolute atomic E-state index is 0.153. The van der Waals surface area contributed by atoms with Crippen LogP contribution in [0, 0.1) is 5.41 Å². The fourth-order valence-corrected chi connectivity index (χ4v) is 2.76. The summed E-state index contributed by atoms with van der Waals surface area (Å²) in [6.45, 7) is 7.86. The fraction of sp³-hybridized carbons (Fsp3) is 0.857. The van der Waals surface area contributed by atoms with Crippen molar-refractivity contribution in [3.8, 4) is 0 Å². The molecule has 2 aliphatic rings. The first-order valence-electron chi connectivity index (χ1n) is 7.04. The first kappa shape index (κ1) is 14.2. The maximum atomic E-state index is 12.0. The van der Waals surface area contributed by atoms with E-state index in [1.54, 1.807) is 4.90 Å². The van der Waals surface area contributed by atoms with Crippen molar-refractivity contribution in [3.63, 3.8) is 0 Å². The molecule has 1 N–H and O–H groups in total. The summed E-state index contributed by atoms with van der Waals surface area (Å²) in [6, 6.07) is 0. The second-order valence-electron chi connectivity index (χ2n) is 6.74. The van der Waals surface area contributed by atoms with Gasteiger partial charge in [0.2, 0.25) is 5.91 Å². The van der Waals surface area contributed by atoms with Gasteiger partial charge in [0.25, 0.3) is 0 Å². The predicted octanol–water partition coefficient (Wildman–Crippen LogP) is 1.91. The van der Waals surface area contributed by atoms with Crippen molar-refractivity contribution < 1.29 is 14.3 Å². The molecule has 5 nitrogen and oxygen atoms in total. The van der Waals surface area contributed by atoms with Crippen LogP contribution in [0.1, 0.15) is 46.5 Å². The molecule has 0 aromatic carbocycles. The lowest BCUT2D eigenvalue weighted by atomic mass is 9.73. The van der Waals surface area contributed by atoms with Gasteiger partial charge in [-0.05, 0) is 45.4 Å². The monoisotopic (exact) mass is 268 g/mol. The Labute approximate surface area is 114 Å². The van der Waals surface area contributed by atoms with Crippen LogP contribution in [0.25, 0.3) is 0 Å². The number of likely N-dealkylation sites (tertiary alicyclic amines) is 1. The molecule has 2 rings (SSSR count). The summed E-state index contributed by atoms with van der Waals surface area (Å²) >= 11 is 0. The largest absolute Gasteiger partial charge is 0.444 e. The van der Waals surface area contributed by atoms with E-state index in [1.165, 1.54) is 0 Å². The number of carbonyl (C=O) groups excluding carboxylic acids is 2.